The Labute approximate surface area is 251 Å². The van der Waals surface area contributed by atoms with Crippen molar-refractivity contribution in [2.45, 2.75) is 81.0 Å². The fourth-order valence-corrected chi connectivity index (χ4v) is 7.57. The second-order valence-electron chi connectivity index (χ2n) is 11.6. The number of piperidine rings is 1. The van der Waals surface area contributed by atoms with Crippen LogP contribution in [-0.4, -0.2) is 79.9 Å². The number of thiophene rings is 1. The van der Waals surface area contributed by atoms with E-state index in [1.54, 1.807) is 13.8 Å². The number of methoxy groups -OCH3 is 1. The number of aliphatic hydroxyl groups is 1. The maximum atomic E-state index is 15.4. The summed E-state index contributed by atoms with van der Waals surface area (Å²) < 4.78 is 28.5. The number of aromatic nitrogens is 4. The van der Waals surface area contributed by atoms with Crippen LogP contribution >= 0.6 is 24.0 Å². The molecular weight excluding hydrogens is 581 g/mol. The van der Waals surface area contributed by atoms with Crippen LogP contribution in [0.25, 0.3) is 20.8 Å². The van der Waals surface area contributed by atoms with Crippen LogP contribution in [0.5, 0.6) is 5.88 Å². The highest BCUT2D eigenvalue weighted by atomic mass is 32.1. The van der Waals surface area contributed by atoms with E-state index in [0.29, 0.717) is 16.8 Å². The fraction of sp³-hybridized carbons (Fsp3) is 0.500. The first-order valence-electron chi connectivity index (χ1n) is 13.8. The molecule has 2 bridgehead atoms. The molecule has 4 atom stereocenters. The second kappa shape index (κ2) is 11.1. The van der Waals surface area contributed by atoms with Gasteiger partial charge in [0.15, 0.2) is 0 Å². The number of anilines is 1. The number of carbonyl (C=O) groups excluding carboxylic acids is 1. The van der Waals surface area contributed by atoms with Crippen molar-refractivity contribution in [1.29, 1.82) is 0 Å². The Morgan fingerprint density at radius 3 is 2.93 bits per heavy atom. The Hall–Kier alpha value is -3.20. The topological polar surface area (TPSA) is 131 Å². The minimum Gasteiger partial charge on any atom is -0.479 e. The predicted octanol–water partition coefficient (Wildman–Crippen LogP) is 4.13. The molecule has 5 heterocycles. The quantitative estimate of drug-likeness (QED) is 0.205. The minimum absolute atomic E-state index is 0.0123. The maximum absolute atomic E-state index is 15.4. The Morgan fingerprint density at radius 1 is 1.36 bits per heavy atom. The van der Waals surface area contributed by atoms with E-state index >= 15 is 4.39 Å². The molecule has 1 amide bonds. The molecule has 0 spiro atoms. The lowest BCUT2D eigenvalue weighted by Gasteiger charge is -2.39. The van der Waals surface area contributed by atoms with Crippen molar-refractivity contribution in [2.75, 3.05) is 19.5 Å². The molecule has 3 aromatic heterocycles. The number of alkyl halides is 1. The highest BCUT2D eigenvalue weighted by molar-refractivity contribution is 7.81. The predicted molar refractivity (Wildman–Crippen MR) is 160 cm³/mol. The van der Waals surface area contributed by atoms with Gasteiger partial charge in [0, 0.05) is 28.6 Å². The molecule has 1 aromatic carbocycles. The van der Waals surface area contributed by atoms with Crippen molar-refractivity contribution in [3.63, 3.8) is 0 Å². The van der Waals surface area contributed by atoms with Crippen molar-refractivity contribution in [1.82, 2.24) is 30.1 Å². The Balaban J connectivity index is 1.17. The summed E-state index contributed by atoms with van der Waals surface area (Å²) >= 11 is 6.24. The number of hydrogen-bond donors (Lipinski definition) is 4. The van der Waals surface area contributed by atoms with Gasteiger partial charge in [-0.15, -0.1) is 29.1 Å². The number of amides is 1. The van der Waals surface area contributed by atoms with Crippen molar-refractivity contribution in [3.05, 3.63) is 35.9 Å². The normalized spacial score (nSPS) is 22.5. The molecule has 3 N–H and O–H groups in total. The van der Waals surface area contributed by atoms with Gasteiger partial charge in [-0.05, 0) is 46.2 Å². The molecule has 2 aliphatic heterocycles. The average Bonchev–Trinajstić information content (AvgIpc) is 3.70. The number of carbonyl (C=O) groups is 1. The van der Waals surface area contributed by atoms with Gasteiger partial charge in [0.2, 0.25) is 17.6 Å². The first-order chi connectivity index (χ1) is 20.0. The highest BCUT2D eigenvalue weighted by Crippen LogP contribution is 2.44. The number of halogens is 1. The number of nitrogens with zero attached hydrogens (tertiary/aromatic N) is 5. The summed E-state index contributed by atoms with van der Waals surface area (Å²) in [6, 6.07) is 6.00. The van der Waals surface area contributed by atoms with Gasteiger partial charge in [-0.25, -0.2) is 4.39 Å². The third kappa shape index (κ3) is 5.48. The van der Waals surface area contributed by atoms with Gasteiger partial charge in [0.25, 0.3) is 5.91 Å². The molecule has 0 aliphatic carbocycles. The number of nitrogens with one attached hydrogen (secondary N) is 2. The number of fused-ring (bicyclic) bond motifs is 3. The van der Waals surface area contributed by atoms with Gasteiger partial charge in [0.1, 0.15) is 11.7 Å². The van der Waals surface area contributed by atoms with Crippen molar-refractivity contribution >= 4 is 45.6 Å². The van der Waals surface area contributed by atoms with Crippen LogP contribution in [-0.2, 0) is 13.1 Å². The highest BCUT2D eigenvalue weighted by Gasteiger charge is 2.46. The van der Waals surface area contributed by atoms with Gasteiger partial charge in [-0.2, -0.15) is 4.98 Å². The van der Waals surface area contributed by atoms with Gasteiger partial charge in [-0.3, -0.25) is 14.4 Å². The first-order valence-corrected chi connectivity index (χ1v) is 15.1. The molecule has 6 rings (SSSR count). The smallest absolute Gasteiger partial charge is 0.258 e. The third-order valence-corrected chi connectivity index (χ3v) is 9.84. The summed E-state index contributed by atoms with van der Waals surface area (Å²) in [5.41, 5.74) is 0.0742. The zero-order valence-electron chi connectivity index (χ0n) is 23.8. The van der Waals surface area contributed by atoms with Crippen LogP contribution in [0.3, 0.4) is 0 Å². The van der Waals surface area contributed by atoms with Crippen molar-refractivity contribution in [3.8, 4) is 16.6 Å². The van der Waals surface area contributed by atoms with E-state index in [9.17, 15) is 9.90 Å². The third-order valence-electron chi connectivity index (χ3n) is 7.99. The number of thiol groups is 1. The van der Waals surface area contributed by atoms with Gasteiger partial charge >= 0.3 is 0 Å². The van der Waals surface area contributed by atoms with Crippen LogP contribution in [0, 0.1) is 0 Å². The Morgan fingerprint density at radius 2 is 2.17 bits per heavy atom. The average molecular weight is 616 g/mol. The van der Waals surface area contributed by atoms with Crippen LogP contribution in [0.15, 0.2) is 33.8 Å². The monoisotopic (exact) mass is 615 g/mol. The Bertz CT molecular complexity index is 1610. The number of ether oxygens (including phenoxy) is 1. The van der Waals surface area contributed by atoms with E-state index in [1.165, 1.54) is 29.3 Å². The zero-order valence-corrected chi connectivity index (χ0v) is 25.5. The lowest BCUT2D eigenvalue weighted by atomic mass is 9.95. The summed E-state index contributed by atoms with van der Waals surface area (Å²) in [5.74, 6) is 0.276. The van der Waals surface area contributed by atoms with Gasteiger partial charge in [-0.1, -0.05) is 17.3 Å². The Kier molecular flexibility index (Phi) is 7.66. The first kappa shape index (κ1) is 28.9. The molecule has 0 saturated carbocycles. The van der Waals surface area contributed by atoms with Crippen LogP contribution < -0.4 is 15.4 Å². The lowest BCUT2D eigenvalue weighted by molar-refractivity contribution is 0.0573. The van der Waals surface area contributed by atoms with E-state index in [4.69, 9.17) is 21.9 Å². The maximum Gasteiger partial charge on any atom is 0.258 e. The largest absolute Gasteiger partial charge is 0.479 e. The molecule has 2 aliphatic rings. The van der Waals surface area contributed by atoms with Crippen molar-refractivity contribution < 1.29 is 23.6 Å². The SMILES string of the molecule is COc1nn(CC(C)(C)O)cc1C(=O)NCc1nc(-c2sc3c(N[C@@H]4C[C@H]5CC[C@@H]([C@@H]4F)N5C)cccc3c2S)no1. The fourth-order valence-electron chi connectivity index (χ4n) is 5.97. The standard InChI is InChI=1S/C28H34FN7O4S2/c1-28(2,38)13-36-12-16(27(33-36)39-4)26(37)30-11-20-32-25(34-40-20)24-22(41)15-6-5-7-17(23(15)42-24)31-18-10-14-8-9-19(21(18)29)35(14)3/h5-7,12,14,18-19,21,31,38,41H,8-11,13H2,1-4H3,(H,30,37)/t14-,18-,19+,21-/m1/s1. The summed E-state index contributed by atoms with van der Waals surface area (Å²) in [6.07, 6.45) is 3.28. The van der Waals surface area contributed by atoms with Gasteiger partial charge in [0.05, 0.1) is 47.1 Å². The van der Waals surface area contributed by atoms with Crippen LogP contribution in [0.1, 0.15) is 49.4 Å². The van der Waals surface area contributed by atoms with Crippen LogP contribution in [0.4, 0.5) is 10.1 Å². The molecule has 2 saturated heterocycles. The molecule has 0 radical (unpaired) electrons. The van der Waals surface area contributed by atoms with E-state index in [1.807, 2.05) is 25.2 Å². The molecule has 42 heavy (non-hydrogen) atoms. The number of rotatable bonds is 9. The summed E-state index contributed by atoms with van der Waals surface area (Å²) in [5, 5.41) is 25.6. The van der Waals surface area contributed by atoms with E-state index in [2.05, 4.69) is 30.8 Å². The summed E-state index contributed by atoms with van der Waals surface area (Å²) in [7, 11) is 3.45. The van der Waals surface area contributed by atoms with E-state index in [-0.39, 0.29) is 42.5 Å². The molecule has 4 aromatic rings. The molecular formula is C28H34FN7O4S2. The van der Waals surface area contributed by atoms with E-state index in [0.717, 1.165) is 39.9 Å². The van der Waals surface area contributed by atoms with E-state index < -0.39 is 17.7 Å². The second-order valence-corrected chi connectivity index (χ2v) is 13.1. The van der Waals surface area contributed by atoms with Crippen LogP contribution in [0.2, 0.25) is 0 Å². The number of benzene rings is 1. The summed E-state index contributed by atoms with van der Waals surface area (Å²) in [4.78, 5) is 21.0. The number of hydrogen-bond acceptors (Lipinski definition) is 11. The molecule has 11 nitrogen and oxygen atoms in total. The summed E-state index contributed by atoms with van der Waals surface area (Å²) in [6.45, 7) is 3.48. The zero-order chi connectivity index (χ0) is 29.8. The molecule has 2 fully saturated rings. The molecule has 224 valence electrons. The molecule has 0 unspecified atom stereocenters. The van der Waals surface area contributed by atoms with Crippen molar-refractivity contribution in [2.24, 2.45) is 0 Å². The lowest BCUT2D eigenvalue weighted by Crippen LogP contribution is -2.53. The minimum atomic E-state index is -1.01. The van der Waals surface area contributed by atoms with Gasteiger partial charge < -0.3 is 25.0 Å². The molecule has 14 heteroatoms.